The second-order valence-electron chi connectivity index (χ2n) is 4.95. The number of rotatable bonds is 8. The Hall–Kier alpha value is -0.380. The van der Waals surface area contributed by atoms with E-state index in [0.717, 1.165) is 11.8 Å². The first-order valence-electron chi connectivity index (χ1n) is 7.07. The molecule has 0 unspecified atom stereocenters. The molecule has 1 aliphatic heterocycles. The second kappa shape index (κ2) is 10.7. The van der Waals surface area contributed by atoms with Gasteiger partial charge in [-0.1, -0.05) is 23.0 Å². The zero-order valence-corrected chi connectivity index (χ0v) is 15.7. The molecule has 25 heavy (non-hydrogen) atoms. The topological polar surface area (TPSA) is 166 Å². The molecule has 0 amide bonds. The molecule has 1 fully saturated rings. The van der Waals surface area contributed by atoms with Crippen molar-refractivity contribution in [3.63, 3.8) is 0 Å². The fourth-order valence-electron chi connectivity index (χ4n) is 1.88. The number of nitrogens with zero attached hydrogens (tertiary/aromatic N) is 1. The van der Waals surface area contributed by atoms with Crippen molar-refractivity contribution in [3.05, 3.63) is 11.5 Å². The van der Waals surface area contributed by atoms with Crippen molar-refractivity contribution in [3.8, 4) is 0 Å². The lowest BCUT2D eigenvalue weighted by atomic mass is 10.0. The van der Waals surface area contributed by atoms with Gasteiger partial charge in [-0.2, -0.15) is 8.42 Å². The van der Waals surface area contributed by atoms with E-state index in [1.54, 1.807) is 11.5 Å². The van der Waals surface area contributed by atoms with E-state index in [0.29, 0.717) is 6.42 Å². The first-order chi connectivity index (χ1) is 11.7. The number of aliphatic hydroxyl groups excluding tert-OH is 4. The summed E-state index contributed by atoms with van der Waals surface area (Å²) in [5, 5.41) is 43.8. The number of ether oxygens (including phenoxy) is 1. The summed E-state index contributed by atoms with van der Waals surface area (Å²) in [6, 6.07) is 0. The molecule has 0 aromatic rings. The largest absolute Gasteiger partial charge is 0.466 e. The van der Waals surface area contributed by atoms with E-state index in [2.05, 4.69) is 9.44 Å². The van der Waals surface area contributed by atoms with Crippen LogP contribution < -0.4 is 0 Å². The Morgan fingerprint density at radius 1 is 1.28 bits per heavy atom. The molecule has 1 rings (SSSR count). The van der Waals surface area contributed by atoms with E-state index in [9.17, 15) is 23.7 Å². The molecule has 146 valence electrons. The summed E-state index contributed by atoms with van der Waals surface area (Å²) < 4.78 is 39.3. The number of thioether (sulfide) groups is 2. The van der Waals surface area contributed by atoms with Crippen molar-refractivity contribution >= 4 is 39.0 Å². The Morgan fingerprint density at radius 3 is 2.52 bits per heavy atom. The summed E-state index contributed by atoms with van der Waals surface area (Å²) in [5.74, 6) is 0. The smallest absolute Gasteiger partial charge is 0.394 e. The third-order valence-electron chi connectivity index (χ3n) is 3.09. The standard InChI is InChI=1S/C12H21NO9S3/c1-23-5-3-2-4-8(13-22-25(18,19)20)24-12-11(17)10(16)9(15)7(6-14)21-12/h3,5,7,9-12,14-17H,2,4,6H2,1H3,(H,18,19,20)/b5-3-,13-8+/t7-,9-,10+,11-,12+/m1/s1. The van der Waals surface area contributed by atoms with Gasteiger partial charge in [-0.3, -0.25) is 4.55 Å². The van der Waals surface area contributed by atoms with E-state index >= 15 is 0 Å². The van der Waals surface area contributed by atoms with Gasteiger partial charge in [0.1, 0.15) is 34.9 Å². The Bertz CT molecular complexity index is 566. The third-order valence-corrected chi connectivity index (χ3v) is 4.99. The van der Waals surface area contributed by atoms with Crippen LogP contribution in [0.1, 0.15) is 12.8 Å². The summed E-state index contributed by atoms with van der Waals surface area (Å²) in [6.45, 7) is -0.591. The first-order valence-corrected chi connectivity index (χ1v) is 10.6. The fourth-order valence-corrected chi connectivity index (χ4v) is 3.53. The van der Waals surface area contributed by atoms with Gasteiger partial charge in [0.25, 0.3) is 0 Å². The van der Waals surface area contributed by atoms with Crippen molar-refractivity contribution < 1.29 is 42.4 Å². The van der Waals surface area contributed by atoms with Crippen LogP contribution in [0.5, 0.6) is 0 Å². The van der Waals surface area contributed by atoms with Gasteiger partial charge >= 0.3 is 10.4 Å². The molecule has 5 atom stereocenters. The van der Waals surface area contributed by atoms with Crippen molar-refractivity contribution in [2.75, 3.05) is 12.9 Å². The van der Waals surface area contributed by atoms with Crippen LogP contribution >= 0.6 is 23.5 Å². The number of hydrogen-bond donors (Lipinski definition) is 5. The number of oxime groups is 1. The summed E-state index contributed by atoms with van der Waals surface area (Å²) in [6.07, 6.45) is -1.38. The highest BCUT2D eigenvalue weighted by Crippen LogP contribution is 2.30. The molecule has 0 saturated carbocycles. The zero-order chi connectivity index (χ0) is 19.0. The minimum atomic E-state index is -4.80. The van der Waals surface area contributed by atoms with Crippen LogP contribution in [0.25, 0.3) is 0 Å². The number of aliphatic hydroxyl groups is 4. The summed E-state index contributed by atoms with van der Waals surface area (Å²) in [7, 11) is -4.80. The van der Waals surface area contributed by atoms with Crippen LogP contribution in [0.4, 0.5) is 0 Å². The Morgan fingerprint density at radius 2 is 1.96 bits per heavy atom. The Balaban J connectivity index is 2.85. The molecule has 0 aromatic heterocycles. The summed E-state index contributed by atoms with van der Waals surface area (Å²) >= 11 is 2.21. The van der Waals surface area contributed by atoms with Gasteiger partial charge in [-0.15, -0.1) is 11.8 Å². The Kier molecular flexibility index (Phi) is 9.69. The molecule has 1 aliphatic rings. The van der Waals surface area contributed by atoms with Crippen molar-refractivity contribution in [2.24, 2.45) is 5.16 Å². The van der Waals surface area contributed by atoms with Gasteiger partial charge in [0.05, 0.1) is 6.61 Å². The van der Waals surface area contributed by atoms with Crippen LogP contribution in [0.15, 0.2) is 16.6 Å². The Labute approximate surface area is 153 Å². The van der Waals surface area contributed by atoms with Crippen molar-refractivity contribution in [1.29, 1.82) is 0 Å². The lowest BCUT2D eigenvalue weighted by molar-refractivity contribution is -0.205. The molecule has 1 heterocycles. The molecule has 0 aliphatic carbocycles. The maximum atomic E-state index is 10.7. The monoisotopic (exact) mass is 419 g/mol. The average molecular weight is 419 g/mol. The van der Waals surface area contributed by atoms with Crippen LogP contribution in [-0.2, 0) is 19.4 Å². The number of allylic oxidation sites excluding steroid dienone is 1. The van der Waals surface area contributed by atoms with Crippen LogP contribution in [0, 0.1) is 0 Å². The maximum absolute atomic E-state index is 10.7. The predicted molar refractivity (Wildman–Crippen MR) is 93.3 cm³/mol. The molecule has 10 nitrogen and oxygen atoms in total. The molecule has 5 N–H and O–H groups in total. The van der Waals surface area contributed by atoms with E-state index < -0.39 is 46.9 Å². The normalized spacial score (nSPS) is 31.4. The average Bonchev–Trinajstić information content (AvgIpc) is 2.55. The molecule has 0 radical (unpaired) electrons. The van der Waals surface area contributed by atoms with Crippen molar-refractivity contribution in [2.45, 2.75) is 42.7 Å². The summed E-state index contributed by atoms with van der Waals surface area (Å²) in [4.78, 5) is 0. The SMILES string of the molecule is CS/C=C\CC/C(=N\OS(=O)(=O)O)S[C@@H]1O[C@H](CO)[C@@H](O)[C@H](O)[C@H]1O. The first kappa shape index (κ1) is 22.7. The zero-order valence-electron chi connectivity index (χ0n) is 13.2. The molecule has 0 bridgehead atoms. The van der Waals surface area contributed by atoms with Gasteiger partial charge in [-0.25, -0.2) is 4.28 Å². The quantitative estimate of drug-likeness (QED) is 0.146. The second-order valence-corrected chi connectivity index (χ2v) is 7.87. The minimum Gasteiger partial charge on any atom is -0.394 e. The maximum Gasteiger partial charge on any atom is 0.466 e. The van der Waals surface area contributed by atoms with Crippen LogP contribution in [0.3, 0.4) is 0 Å². The highest BCUT2D eigenvalue weighted by Gasteiger charge is 2.44. The minimum absolute atomic E-state index is 0.0627. The molecule has 13 heteroatoms. The van der Waals surface area contributed by atoms with Crippen molar-refractivity contribution in [1.82, 2.24) is 0 Å². The number of hydrogen-bond acceptors (Lipinski definition) is 11. The van der Waals surface area contributed by atoms with Gasteiger partial charge in [0.2, 0.25) is 0 Å². The molecule has 1 saturated heterocycles. The van der Waals surface area contributed by atoms with E-state index in [1.165, 1.54) is 11.8 Å². The molecular formula is C12H21NO9S3. The van der Waals surface area contributed by atoms with E-state index in [1.807, 2.05) is 6.26 Å². The molecular weight excluding hydrogens is 398 g/mol. The van der Waals surface area contributed by atoms with Crippen LogP contribution in [0.2, 0.25) is 0 Å². The lowest BCUT2D eigenvalue weighted by Crippen LogP contribution is -2.57. The summed E-state index contributed by atoms with van der Waals surface area (Å²) in [5.41, 5.74) is -1.14. The van der Waals surface area contributed by atoms with Gasteiger partial charge in [0.15, 0.2) is 0 Å². The highest BCUT2D eigenvalue weighted by molar-refractivity contribution is 8.14. The lowest BCUT2D eigenvalue weighted by Gasteiger charge is -2.39. The van der Waals surface area contributed by atoms with Gasteiger partial charge in [-0.05, 0) is 18.1 Å². The molecule has 0 spiro atoms. The van der Waals surface area contributed by atoms with Gasteiger partial charge in [0, 0.05) is 6.42 Å². The van der Waals surface area contributed by atoms with Gasteiger partial charge < -0.3 is 25.2 Å². The van der Waals surface area contributed by atoms with E-state index in [-0.39, 0.29) is 11.5 Å². The predicted octanol–water partition coefficient (Wildman–Crippen LogP) is -0.691. The fraction of sp³-hybridized carbons (Fsp3) is 0.750. The van der Waals surface area contributed by atoms with E-state index in [4.69, 9.17) is 14.4 Å². The highest BCUT2D eigenvalue weighted by atomic mass is 32.3. The van der Waals surface area contributed by atoms with Crippen LogP contribution in [-0.4, -0.2) is 81.2 Å². The molecule has 0 aromatic carbocycles. The third kappa shape index (κ3) is 7.80.